The maximum absolute atomic E-state index is 10.6. The number of rotatable bonds is 3. The molecule has 0 aromatic rings. The van der Waals surface area contributed by atoms with Gasteiger partial charge in [-0.1, -0.05) is 18.2 Å². The van der Waals surface area contributed by atoms with Gasteiger partial charge in [0, 0.05) is 0 Å². The van der Waals surface area contributed by atoms with Crippen LogP contribution in [0.1, 0.15) is 12.8 Å². The first-order chi connectivity index (χ1) is 6.13. The van der Waals surface area contributed by atoms with E-state index in [9.17, 15) is 9.59 Å². The van der Waals surface area contributed by atoms with Crippen LogP contribution in [0.25, 0.3) is 0 Å². The van der Waals surface area contributed by atoms with Crippen LogP contribution in [-0.4, -0.2) is 22.2 Å². The zero-order chi connectivity index (χ0) is 9.84. The first-order valence-corrected chi connectivity index (χ1v) is 3.92. The molecule has 1 rings (SSSR count). The molecule has 0 atom stereocenters. The quantitative estimate of drug-likeness (QED) is 0.505. The summed E-state index contributed by atoms with van der Waals surface area (Å²) in [5, 5.41) is 17.3. The summed E-state index contributed by atoms with van der Waals surface area (Å²) >= 11 is 0. The van der Waals surface area contributed by atoms with E-state index in [1.54, 1.807) is 12.2 Å². The Morgan fingerprint density at radius 3 is 2.23 bits per heavy atom. The van der Waals surface area contributed by atoms with Gasteiger partial charge in [0.05, 0.1) is 0 Å². The highest BCUT2D eigenvalue weighted by molar-refractivity contribution is 5.96. The van der Waals surface area contributed by atoms with Crippen LogP contribution in [0.5, 0.6) is 0 Å². The maximum atomic E-state index is 10.6. The summed E-state index contributed by atoms with van der Waals surface area (Å²) in [5.41, 5.74) is 0.461. The van der Waals surface area contributed by atoms with Crippen molar-refractivity contribution in [2.24, 2.45) is 5.92 Å². The molecule has 0 aliphatic heterocycles. The third-order valence-electron chi connectivity index (χ3n) is 1.90. The molecular formula is C9H10O4. The van der Waals surface area contributed by atoms with Crippen LogP contribution in [-0.2, 0) is 9.59 Å². The van der Waals surface area contributed by atoms with Crippen molar-refractivity contribution >= 4 is 11.9 Å². The van der Waals surface area contributed by atoms with Crippen molar-refractivity contribution in [1.29, 1.82) is 0 Å². The summed E-state index contributed by atoms with van der Waals surface area (Å²) in [7, 11) is 0. The molecule has 70 valence electrons. The van der Waals surface area contributed by atoms with Gasteiger partial charge in [-0.2, -0.15) is 0 Å². The normalized spacial score (nSPS) is 15.6. The molecule has 2 N–H and O–H groups in total. The fourth-order valence-electron chi connectivity index (χ4n) is 1.28. The lowest BCUT2D eigenvalue weighted by atomic mass is 9.93. The highest BCUT2D eigenvalue weighted by Gasteiger charge is 2.29. The second-order valence-electron chi connectivity index (χ2n) is 2.80. The minimum Gasteiger partial charge on any atom is -0.480 e. The van der Waals surface area contributed by atoms with Crippen LogP contribution in [0.2, 0.25) is 0 Å². The predicted octanol–water partition coefficient (Wildman–Crippen LogP) is 1.05. The molecule has 4 heteroatoms. The number of carboxylic acids is 2. The summed E-state index contributed by atoms with van der Waals surface area (Å²) in [6, 6.07) is 0. The van der Waals surface area contributed by atoms with Gasteiger partial charge in [0.25, 0.3) is 0 Å². The third-order valence-corrected chi connectivity index (χ3v) is 1.90. The molecule has 1 aliphatic rings. The van der Waals surface area contributed by atoms with E-state index in [2.05, 4.69) is 0 Å². The fraction of sp³-hybridized carbons (Fsp3) is 0.333. The minimum atomic E-state index is -1.38. The van der Waals surface area contributed by atoms with E-state index in [4.69, 9.17) is 10.2 Å². The van der Waals surface area contributed by atoms with Gasteiger partial charge in [-0.25, -0.2) is 0 Å². The molecule has 4 nitrogen and oxygen atoms in total. The predicted molar refractivity (Wildman–Crippen MR) is 45.2 cm³/mol. The Hall–Kier alpha value is -1.58. The van der Waals surface area contributed by atoms with Crippen LogP contribution in [0.15, 0.2) is 23.8 Å². The Balaban J connectivity index is 2.82. The Labute approximate surface area is 75.2 Å². The monoisotopic (exact) mass is 182 g/mol. The van der Waals surface area contributed by atoms with Crippen LogP contribution in [0.3, 0.4) is 0 Å². The molecule has 13 heavy (non-hydrogen) atoms. The molecule has 0 saturated heterocycles. The zero-order valence-electron chi connectivity index (χ0n) is 6.93. The van der Waals surface area contributed by atoms with Crippen LogP contribution in [0, 0.1) is 5.92 Å². The first kappa shape index (κ1) is 9.51. The summed E-state index contributed by atoms with van der Waals surface area (Å²) in [6.07, 6.45) is 6.36. The molecule has 0 saturated carbocycles. The van der Waals surface area contributed by atoms with Gasteiger partial charge < -0.3 is 10.2 Å². The minimum absolute atomic E-state index is 0.420. The van der Waals surface area contributed by atoms with Gasteiger partial charge in [0.15, 0.2) is 5.92 Å². The summed E-state index contributed by atoms with van der Waals surface area (Å²) in [6.45, 7) is 0. The van der Waals surface area contributed by atoms with Crippen molar-refractivity contribution in [1.82, 2.24) is 0 Å². The number of aliphatic carboxylic acids is 2. The molecule has 0 heterocycles. The highest BCUT2D eigenvalue weighted by Crippen LogP contribution is 2.20. The van der Waals surface area contributed by atoms with E-state index in [1.807, 2.05) is 6.08 Å². The average Bonchev–Trinajstić information content (AvgIpc) is 2.04. The van der Waals surface area contributed by atoms with Crippen LogP contribution < -0.4 is 0 Å². The van der Waals surface area contributed by atoms with E-state index in [0.717, 1.165) is 0 Å². The molecule has 0 unspecified atom stereocenters. The van der Waals surface area contributed by atoms with Gasteiger partial charge in [0.1, 0.15) is 0 Å². The number of hydrogen-bond acceptors (Lipinski definition) is 2. The third kappa shape index (κ3) is 2.18. The summed E-state index contributed by atoms with van der Waals surface area (Å²) in [4.78, 5) is 21.2. The number of allylic oxidation sites excluding steroid dienone is 3. The number of hydrogen-bond donors (Lipinski definition) is 2. The van der Waals surface area contributed by atoms with E-state index in [-0.39, 0.29) is 0 Å². The lowest BCUT2D eigenvalue weighted by molar-refractivity contribution is -0.152. The molecule has 0 radical (unpaired) electrons. The lowest BCUT2D eigenvalue weighted by Gasteiger charge is -2.12. The summed E-state index contributed by atoms with van der Waals surface area (Å²) < 4.78 is 0. The van der Waals surface area contributed by atoms with Crippen LogP contribution >= 0.6 is 0 Å². The van der Waals surface area contributed by atoms with Crippen molar-refractivity contribution in [3.05, 3.63) is 23.8 Å². The zero-order valence-corrected chi connectivity index (χ0v) is 6.93. The lowest BCUT2D eigenvalue weighted by Crippen LogP contribution is -2.25. The van der Waals surface area contributed by atoms with Gasteiger partial charge in [0.2, 0.25) is 0 Å². The molecule has 0 fully saturated rings. The molecule has 0 aromatic heterocycles. The topological polar surface area (TPSA) is 74.6 Å². The second kappa shape index (κ2) is 3.89. The van der Waals surface area contributed by atoms with Crippen molar-refractivity contribution in [3.8, 4) is 0 Å². The van der Waals surface area contributed by atoms with E-state index in [1.165, 1.54) is 0 Å². The molecular weight excluding hydrogens is 172 g/mol. The Kier molecular flexibility index (Phi) is 2.84. The van der Waals surface area contributed by atoms with Gasteiger partial charge in [-0.3, -0.25) is 9.59 Å². The van der Waals surface area contributed by atoms with Gasteiger partial charge in [-0.05, 0) is 18.4 Å². The molecule has 1 aliphatic carbocycles. The van der Waals surface area contributed by atoms with Crippen molar-refractivity contribution in [2.75, 3.05) is 0 Å². The fourth-order valence-corrected chi connectivity index (χ4v) is 1.28. The highest BCUT2D eigenvalue weighted by atomic mass is 16.4. The van der Waals surface area contributed by atoms with Crippen molar-refractivity contribution in [3.63, 3.8) is 0 Å². The number of carbonyl (C=O) groups is 2. The smallest absolute Gasteiger partial charge is 0.322 e. The first-order valence-electron chi connectivity index (χ1n) is 3.92. The molecule has 0 amide bonds. The maximum Gasteiger partial charge on any atom is 0.322 e. The summed E-state index contributed by atoms with van der Waals surface area (Å²) in [5.74, 6) is -3.98. The van der Waals surface area contributed by atoms with E-state index >= 15 is 0 Å². The van der Waals surface area contributed by atoms with Gasteiger partial charge in [-0.15, -0.1) is 0 Å². The molecule has 0 bridgehead atoms. The molecule has 0 aromatic carbocycles. The molecule has 0 spiro atoms. The van der Waals surface area contributed by atoms with Crippen LogP contribution in [0.4, 0.5) is 0 Å². The van der Waals surface area contributed by atoms with E-state index in [0.29, 0.717) is 18.4 Å². The number of carboxylic acid groups (broad SMARTS) is 2. The Bertz CT molecular complexity index is 274. The second-order valence-corrected chi connectivity index (χ2v) is 2.80. The van der Waals surface area contributed by atoms with Crippen molar-refractivity contribution in [2.45, 2.75) is 12.8 Å². The Morgan fingerprint density at radius 1 is 1.23 bits per heavy atom. The average molecular weight is 182 g/mol. The largest absolute Gasteiger partial charge is 0.480 e. The van der Waals surface area contributed by atoms with Gasteiger partial charge >= 0.3 is 11.9 Å². The SMILES string of the molecule is O=C(O)C(C(=O)O)C1=CCC=CC1. The van der Waals surface area contributed by atoms with E-state index < -0.39 is 17.9 Å². The Morgan fingerprint density at radius 2 is 1.85 bits per heavy atom. The standard InChI is InChI=1S/C9H10O4/c10-8(11)7(9(12)13)6-4-2-1-3-5-6/h1-2,5,7H,3-4H2,(H,10,11)(H,12,13). The van der Waals surface area contributed by atoms with Crippen molar-refractivity contribution < 1.29 is 19.8 Å².